The summed E-state index contributed by atoms with van der Waals surface area (Å²) in [6, 6.07) is 7.63. The largest absolute Gasteiger partial charge is 0.489 e. The lowest BCUT2D eigenvalue weighted by Crippen LogP contribution is -1.92. The lowest BCUT2D eigenvalue weighted by molar-refractivity contribution is 0.211. The van der Waals surface area contributed by atoms with Gasteiger partial charge in [0, 0.05) is 5.69 Å². The number of hydrogen-bond donors (Lipinski definition) is 1. The molecule has 0 aliphatic rings. The number of anilines is 1. The Bertz CT molecular complexity index is 325. The topological polar surface area (TPSA) is 35.2 Å². The molecule has 0 fully saturated rings. The van der Waals surface area contributed by atoms with E-state index in [2.05, 4.69) is 6.58 Å². The Morgan fingerprint density at radius 3 is 2.57 bits per heavy atom. The molecule has 2 N–H and O–H groups in total. The van der Waals surface area contributed by atoms with Crippen LogP contribution in [0.15, 0.2) is 48.8 Å². The molecule has 0 amide bonds. The van der Waals surface area contributed by atoms with Gasteiger partial charge in [-0.15, -0.1) is 0 Å². The summed E-state index contributed by atoms with van der Waals surface area (Å²) in [5.74, 6) is 0.793. The van der Waals surface area contributed by atoms with E-state index < -0.39 is 0 Å². The van der Waals surface area contributed by atoms with Crippen molar-refractivity contribution >= 4 is 5.69 Å². The van der Waals surface area contributed by atoms with E-state index in [0.717, 1.165) is 17.0 Å². The van der Waals surface area contributed by atoms with Crippen LogP contribution in [0.1, 0.15) is 12.5 Å². The van der Waals surface area contributed by atoms with E-state index in [0.29, 0.717) is 6.61 Å². The minimum Gasteiger partial charge on any atom is -0.489 e. The molecule has 0 unspecified atom stereocenters. The molecule has 0 aliphatic heterocycles. The maximum atomic E-state index is 5.57. The van der Waals surface area contributed by atoms with Gasteiger partial charge in [-0.25, -0.2) is 0 Å². The smallest absolute Gasteiger partial charge is 0.114 e. The van der Waals surface area contributed by atoms with Crippen LogP contribution in [0.3, 0.4) is 0 Å². The Labute approximate surface area is 84.7 Å². The fourth-order valence-corrected chi connectivity index (χ4v) is 1.04. The van der Waals surface area contributed by atoms with Crippen molar-refractivity contribution in [2.45, 2.75) is 13.5 Å². The minimum atomic E-state index is 0.548. The molecule has 0 saturated carbocycles. The normalized spacial score (nSPS) is 11.1. The number of allylic oxidation sites excluding steroid dienone is 2. The van der Waals surface area contributed by atoms with Crippen molar-refractivity contribution in [2.75, 3.05) is 5.73 Å². The van der Waals surface area contributed by atoms with E-state index >= 15 is 0 Å². The number of nitrogens with two attached hydrogens (primary N) is 1. The summed E-state index contributed by atoms with van der Waals surface area (Å²) < 4.78 is 5.47. The molecule has 2 nitrogen and oxygen atoms in total. The zero-order valence-electron chi connectivity index (χ0n) is 8.36. The van der Waals surface area contributed by atoms with E-state index in [1.54, 1.807) is 6.08 Å². The first kappa shape index (κ1) is 10.4. The molecule has 0 aromatic heterocycles. The Hall–Kier alpha value is -1.70. The molecule has 2 heteroatoms. The lowest BCUT2D eigenvalue weighted by atomic mass is 10.2. The van der Waals surface area contributed by atoms with Gasteiger partial charge in [0.1, 0.15) is 12.4 Å². The summed E-state index contributed by atoms with van der Waals surface area (Å²) in [5, 5.41) is 0. The Kier molecular flexibility index (Phi) is 3.80. The SMILES string of the molecule is C=C/C(=C\C)OCc1ccc(N)cc1. The molecule has 1 aromatic carbocycles. The second kappa shape index (κ2) is 5.12. The van der Waals surface area contributed by atoms with Crippen molar-refractivity contribution in [3.05, 3.63) is 54.3 Å². The summed E-state index contributed by atoms with van der Waals surface area (Å²) in [5.41, 5.74) is 7.43. The molecule has 14 heavy (non-hydrogen) atoms. The molecule has 1 rings (SSSR count). The summed E-state index contributed by atoms with van der Waals surface area (Å²) in [7, 11) is 0. The first-order valence-corrected chi connectivity index (χ1v) is 4.52. The summed E-state index contributed by atoms with van der Waals surface area (Å²) in [6.07, 6.45) is 3.57. The fraction of sp³-hybridized carbons (Fsp3) is 0.167. The predicted octanol–water partition coefficient (Wildman–Crippen LogP) is 2.88. The van der Waals surface area contributed by atoms with Gasteiger partial charge in [-0.1, -0.05) is 18.7 Å². The number of ether oxygens (including phenoxy) is 1. The Balaban J connectivity index is 2.53. The van der Waals surface area contributed by atoms with Crippen LogP contribution in [0, 0.1) is 0 Å². The quantitative estimate of drug-likeness (QED) is 0.449. The molecule has 74 valence electrons. The van der Waals surface area contributed by atoms with Gasteiger partial charge in [0.05, 0.1) is 0 Å². The monoisotopic (exact) mass is 189 g/mol. The van der Waals surface area contributed by atoms with Crippen molar-refractivity contribution in [3.63, 3.8) is 0 Å². The molecule has 0 radical (unpaired) electrons. The second-order valence-electron chi connectivity index (χ2n) is 2.93. The molecule has 0 spiro atoms. The van der Waals surface area contributed by atoms with Gasteiger partial charge in [-0.3, -0.25) is 0 Å². The molecular formula is C12H15NO. The van der Waals surface area contributed by atoms with Gasteiger partial charge in [0.15, 0.2) is 0 Å². The highest BCUT2D eigenvalue weighted by Gasteiger charge is 1.94. The van der Waals surface area contributed by atoms with E-state index in [9.17, 15) is 0 Å². The Morgan fingerprint density at radius 2 is 2.07 bits per heavy atom. The first-order chi connectivity index (χ1) is 6.76. The molecular weight excluding hydrogens is 174 g/mol. The second-order valence-corrected chi connectivity index (χ2v) is 2.93. The summed E-state index contributed by atoms with van der Waals surface area (Å²) in [4.78, 5) is 0. The third kappa shape index (κ3) is 2.98. The van der Waals surface area contributed by atoms with Crippen LogP contribution >= 0.6 is 0 Å². The highest BCUT2D eigenvalue weighted by Crippen LogP contribution is 2.09. The van der Waals surface area contributed by atoms with Gasteiger partial charge in [0.25, 0.3) is 0 Å². The average Bonchev–Trinajstić information content (AvgIpc) is 2.22. The van der Waals surface area contributed by atoms with Gasteiger partial charge in [-0.2, -0.15) is 0 Å². The molecule has 0 atom stereocenters. The van der Waals surface area contributed by atoms with Crippen molar-refractivity contribution < 1.29 is 4.74 Å². The molecule has 1 aromatic rings. The van der Waals surface area contributed by atoms with Crippen molar-refractivity contribution in [3.8, 4) is 0 Å². The molecule has 0 saturated heterocycles. The zero-order valence-corrected chi connectivity index (χ0v) is 8.36. The highest BCUT2D eigenvalue weighted by atomic mass is 16.5. The van der Waals surface area contributed by atoms with Crippen LogP contribution in [0.5, 0.6) is 0 Å². The molecule has 0 heterocycles. The first-order valence-electron chi connectivity index (χ1n) is 4.52. The summed E-state index contributed by atoms with van der Waals surface area (Å²) >= 11 is 0. The van der Waals surface area contributed by atoms with Crippen molar-refractivity contribution in [1.82, 2.24) is 0 Å². The number of hydrogen-bond acceptors (Lipinski definition) is 2. The van der Waals surface area contributed by atoms with Gasteiger partial charge >= 0.3 is 0 Å². The third-order valence-corrected chi connectivity index (χ3v) is 1.87. The predicted molar refractivity (Wildman–Crippen MR) is 59.6 cm³/mol. The van der Waals surface area contributed by atoms with Gasteiger partial charge in [0.2, 0.25) is 0 Å². The number of benzene rings is 1. The van der Waals surface area contributed by atoms with E-state index in [4.69, 9.17) is 10.5 Å². The van der Waals surface area contributed by atoms with Crippen LogP contribution < -0.4 is 5.73 Å². The minimum absolute atomic E-state index is 0.548. The van der Waals surface area contributed by atoms with Crippen molar-refractivity contribution in [2.24, 2.45) is 0 Å². The Morgan fingerprint density at radius 1 is 1.43 bits per heavy atom. The lowest BCUT2D eigenvalue weighted by Gasteiger charge is -2.06. The average molecular weight is 189 g/mol. The number of nitrogen functional groups attached to an aromatic ring is 1. The molecule has 0 aliphatic carbocycles. The van der Waals surface area contributed by atoms with E-state index in [1.807, 2.05) is 37.3 Å². The third-order valence-electron chi connectivity index (χ3n) is 1.87. The van der Waals surface area contributed by atoms with Crippen LogP contribution in [0.25, 0.3) is 0 Å². The number of rotatable bonds is 4. The van der Waals surface area contributed by atoms with Gasteiger partial charge < -0.3 is 10.5 Å². The van der Waals surface area contributed by atoms with E-state index in [1.165, 1.54) is 0 Å². The van der Waals surface area contributed by atoms with Crippen LogP contribution in [0.4, 0.5) is 5.69 Å². The van der Waals surface area contributed by atoms with Crippen LogP contribution in [0.2, 0.25) is 0 Å². The zero-order chi connectivity index (χ0) is 10.4. The maximum absolute atomic E-state index is 5.57. The summed E-state index contributed by atoms with van der Waals surface area (Å²) in [6.45, 7) is 6.11. The highest BCUT2D eigenvalue weighted by molar-refractivity contribution is 5.39. The van der Waals surface area contributed by atoms with Crippen LogP contribution in [-0.2, 0) is 11.3 Å². The fourth-order valence-electron chi connectivity index (χ4n) is 1.04. The maximum Gasteiger partial charge on any atom is 0.114 e. The van der Waals surface area contributed by atoms with Gasteiger partial charge in [-0.05, 0) is 36.8 Å². The van der Waals surface area contributed by atoms with E-state index in [-0.39, 0.29) is 0 Å². The molecule has 0 bridgehead atoms. The van der Waals surface area contributed by atoms with Crippen molar-refractivity contribution in [1.29, 1.82) is 0 Å². The standard InChI is InChI=1S/C12H15NO/c1-3-12(4-2)14-9-10-5-7-11(13)8-6-10/h3-8H,1,9,13H2,2H3/b12-4+. The van der Waals surface area contributed by atoms with Crippen LogP contribution in [-0.4, -0.2) is 0 Å².